The second-order valence-electron chi connectivity index (χ2n) is 6.81. The molecule has 3 atom stereocenters. The van der Waals surface area contributed by atoms with Crippen molar-refractivity contribution < 1.29 is 9.90 Å². The van der Waals surface area contributed by atoms with Gasteiger partial charge in [-0.25, -0.2) is 0 Å². The van der Waals surface area contributed by atoms with Crippen molar-refractivity contribution >= 4 is 5.91 Å². The Labute approximate surface area is 104 Å². The fraction of sp³-hybridized carbons (Fsp3) is 0.929. The minimum absolute atomic E-state index is 0.0130. The van der Waals surface area contributed by atoms with Crippen molar-refractivity contribution in [3.8, 4) is 0 Å². The maximum atomic E-state index is 12.1. The summed E-state index contributed by atoms with van der Waals surface area (Å²) in [6.45, 7) is 5.82. The molecule has 1 spiro atoms. The van der Waals surface area contributed by atoms with E-state index in [-0.39, 0.29) is 28.9 Å². The number of carbonyl (C=O) groups excluding carboxylic acids is 1. The van der Waals surface area contributed by atoms with Gasteiger partial charge in [-0.1, -0.05) is 33.6 Å². The van der Waals surface area contributed by atoms with Crippen molar-refractivity contribution in [1.29, 1.82) is 0 Å². The third-order valence-electron chi connectivity index (χ3n) is 4.60. The van der Waals surface area contributed by atoms with Crippen LogP contribution < -0.4 is 5.32 Å². The van der Waals surface area contributed by atoms with Gasteiger partial charge < -0.3 is 10.4 Å². The second kappa shape index (κ2) is 4.27. The van der Waals surface area contributed by atoms with E-state index in [1.807, 2.05) is 20.8 Å². The molecule has 2 rings (SSSR count). The third kappa shape index (κ3) is 2.22. The molecule has 2 aliphatic rings. The number of hydrogen-bond acceptors (Lipinski definition) is 2. The topological polar surface area (TPSA) is 49.3 Å². The van der Waals surface area contributed by atoms with Crippen LogP contribution in [0.1, 0.15) is 59.3 Å². The summed E-state index contributed by atoms with van der Waals surface area (Å²) in [5.74, 6) is 0.114. The second-order valence-corrected chi connectivity index (χ2v) is 6.81. The molecule has 2 N–H and O–H groups in total. The van der Waals surface area contributed by atoms with Gasteiger partial charge in [0.1, 0.15) is 0 Å². The summed E-state index contributed by atoms with van der Waals surface area (Å²) >= 11 is 0. The first-order valence-corrected chi connectivity index (χ1v) is 6.85. The fourth-order valence-corrected chi connectivity index (χ4v) is 3.46. The average Bonchev–Trinajstić information content (AvgIpc) is 2.76. The van der Waals surface area contributed by atoms with Gasteiger partial charge in [-0.15, -0.1) is 0 Å². The van der Waals surface area contributed by atoms with Crippen molar-refractivity contribution in [1.82, 2.24) is 5.32 Å². The van der Waals surface area contributed by atoms with Gasteiger partial charge in [-0.2, -0.15) is 0 Å². The number of hydrogen-bond donors (Lipinski definition) is 2. The fourth-order valence-electron chi connectivity index (χ4n) is 3.46. The smallest absolute Gasteiger partial charge is 0.225 e. The monoisotopic (exact) mass is 239 g/mol. The molecular formula is C14H25NO2. The van der Waals surface area contributed by atoms with E-state index < -0.39 is 0 Å². The molecular weight excluding hydrogens is 214 g/mol. The van der Waals surface area contributed by atoms with Gasteiger partial charge in [0.05, 0.1) is 6.10 Å². The minimum Gasteiger partial charge on any atom is -0.392 e. The normalized spacial score (nSPS) is 37.6. The van der Waals surface area contributed by atoms with Crippen LogP contribution >= 0.6 is 0 Å². The number of aliphatic hydroxyl groups excluding tert-OH is 1. The molecule has 0 bridgehead atoms. The van der Waals surface area contributed by atoms with Crippen LogP contribution in [0.2, 0.25) is 0 Å². The van der Waals surface area contributed by atoms with E-state index in [0.717, 1.165) is 38.5 Å². The van der Waals surface area contributed by atoms with Crippen LogP contribution in [0.4, 0.5) is 0 Å². The van der Waals surface area contributed by atoms with Gasteiger partial charge in [0.2, 0.25) is 5.91 Å². The first kappa shape index (κ1) is 12.9. The van der Waals surface area contributed by atoms with Gasteiger partial charge in [0, 0.05) is 16.9 Å². The van der Waals surface area contributed by atoms with Crippen LogP contribution in [0.25, 0.3) is 0 Å². The van der Waals surface area contributed by atoms with Crippen molar-refractivity contribution in [3.05, 3.63) is 0 Å². The molecule has 2 saturated carbocycles. The Balaban J connectivity index is 2.08. The molecule has 0 saturated heterocycles. The highest BCUT2D eigenvalue weighted by atomic mass is 16.3. The molecule has 1 amide bonds. The highest BCUT2D eigenvalue weighted by Gasteiger charge is 2.51. The number of rotatable bonds is 1. The molecule has 3 heteroatoms. The van der Waals surface area contributed by atoms with Crippen molar-refractivity contribution in [3.63, 3.8) is 0 Å². The van der Waals surface area contributed by atoms with E-state index in [9.17, 15) is 9.90 Å². The molecule has 0 aromatic heterocycles. The highest BCUT2D eigenvalue weighted by molar-refractivity contribution is 5.81. The SMILES string of the molecule is CC(C)(C)C(=O)N[C@H]1CCC[C@]12CCC[C@H]2O. The Morgan fingerprint density at radius 3 is 2.35 bits per heavy atom. The first-order chi connectivity index (χ1) is 7.86. The molecule has 98 valence electrons. The first-order valence-electron chi connectivity index (χ1n) is 6.85. The lowest BCUT2D eigenvalue weighted by Crippen LogP contribution is -2.50. The lowest BCUT2D eigenvalue weighted by atomic mass is 9.78. The third-order valence-corrected chi connectivity index (χ3v) is 4.60. The summed E-state index contributed by atoms with van der Waals surface area (Å²) in [6, 6.07) is 0.187. The van der Waals surface area contributed by atoms with Gasteiger partial charge in [-0.3, -0.25) is 4.79 Å². The van der Waals surface area contributed by atoms with E-state index in [2.05, 4.69) is 5.32 Å². The quantitative estimate of drug-likeness (QED) is 0.737. The Hall–Kier alpha value is -0.570. The Morgan fingerprint density at radius 2 is 1.82 bits per heavy atom. The maximum absolute atomic E-state index is 12.1. The lowest BCUT2D eigenvalue weighted by molar-refractivity contribution is -0.130. The predicted octanol–water partition coefficient (Wildman–Crippen LogP) is 2.23. The van der Waals surface area contributed by atoms with Gasteiger partial charge in [0.25, 0.3) is 0 Å². The minimum atomic E-state index is -0.340. The number of nitrogens with one attached hydrogen (secondary N) is 1. The van der Waals surface area contributed by atoms with Gasteiger partial charge in [-0.05, 0) is 25.7 Å². The summed E-state index contributed by atoms with van der Waals surface area (Å²) < 4.78 is 0. The van der Waals surface area contributed by atoms with Gasteiger partial charge in [0.15, 0.2) is 0 Å². The number of carbonyl (C=O) groups is 1. The molecule has 0 aromatic carbocycles. The van der Waals surface area contributed by atoms with Crippen molar-refractivity contribution in [2.45, 2.75) is 71.4 Å². The Kier molecular flexibility index (Phi) is 3.23. The number of aliphatic hydroxyl groups is 1. The van der Waals surface area contributed by atoms with Crippen LogP contribution in [0.5, 0.6) is 0 Å². The van der Waals surface area contributed by atoms with Crippen LogP contribution in [0, 0.1) is 10.8 Å². The highest BCUT2D eigenvalue weighted by Crippen LogP contribution is 2.50. The van der Waals surface area contributed by atoms with E-state index in [1.165, 1.54) is 0 Å². The largest absolute Gasteiger partial charge is 0.392 e. The molecule has 17 heavy (non-hydrogen) atoms. The maximum Gasteiger partial charge on any atom is 0.225 e. The van der Waals surface area contributed by atoms with Crippen LogP contribution in [0.3, 0.4) is 0 Å². The predicted molar refractivity (Wildman–Crippen MR) is 67.5 cm³/mol. The zero-order valence-electron chi connectivity index (χ0n) is 11.3. The molecule has 2 fully saturated rings. The Morgan fingerprint density at radius 1 is 1.24 bits per heavy atom. The molecule has 0 heterocycles. The molecule has 2 aliphatic carbocycles. The Bertz CT molecular complexity index is 304. The summed E-state index contributed by atoms with van der Waals surface area (Å²) in [5, 5.41) is 13.4. The summed E-state index contributed by atoms with van der Waals surface area (Å²) in [4.78, 5) is 12.1. The summed E-state index contributed by atoms with van der Waals surface area (Å²) in [6.07, 6.45) is 6.10. The van der Waals surface area contributed by atoms with Crippen LogP contribution in [-0.4, -0.2) is 23.2 Å². The molecule has 0 aliphatic heterocycles. The summed E-state index contributed by atoms with van der Waals surface area (Å²) in [7, 11) is 0. The zero-order chi connectivity index (χ0) is 12.7. The molecule has 0 radical (unpaired) electrons. The number of amides is 1. The van der Waals surface area contributed by atoms with E-state index in [4.69, 9.17) is 0 Å². The van der Waals surface area contributed by atoms with Gasteiger partial charge >= 0.3 is 0 Å². The molecule has 0 unspecified atom stereocenters. The van der Waals surface area contributed by atoms with E-state index in [1.54, 1.807) is 0 Å². The standard InChI is InChI=1S/C14H25NO2/c1-13(2,3)12(17)15-10-6-4-8-14(10)9-5-7-11(14)16/h10-11,16H,4-9H2,1-3H3,(H,15,17)/t10-,11+,14-/m0/s1. The zero-order valence-corrected chi connectivity index (χ0v) is 11.3. The van der Waals surface area contributed by atoms with Crippen LogP contribution in [0.15, 0.2) is 0 Å². The summed E-state index contributed by atoms with van der Waals surface area (Å²) in [5.41, 5.74) is -0.353. The van der Waals surface area contributed by atoms with E-state index >= 15 is 0 Å². The van der Waals surface area contributed by atoms with E-state index in [0.29, 0.717) is 0 Å². The molecule has 0 aromatic rings. The molecule has 3 nitrogen and oxygen atoms in total. The van der Waals surface area contributed by atoms with Crippen molar-refractivity contribution in [2.75, 3.05) is 0 Å². The van der Waals surface area contributed by atoms with Crippen molar-refractivity contribution in [2.24, 2.45) is 10.8 Å². The lowest BCUT2D eigenvalue weighted by Gasteiger charge is -2.36. The van der Waals surface area contributed by atoms with Crippen LogP contribution in [-0.2, 0) is 4.79 Å². The average molecular weight is 239 g/mol.